The van der Waals surface area contributed by atoms with Crippen molar-refractivity contribution in [3.05, 3.63) is 64.9 Å². The van der Waals surface area contributed by atoms with Crippen molar-refractivity contribution >= 4 is 46.3 Å². The molecule has 1 aliphatic carbocycles. The van der Waals surface area contributed by atoms with Crippen molar-refractivity contribution in [2.75, 3.05) is 71.8 Å². The van der Waals surface area contributed by atoms with E-state index in [-0.39, 0.29) is 12.0 Å². The van der Waals surface area contributed by atoms with Crippen molar-refractivity contribution in [3.8, 4) is 5.75 Å². The highest BCUT2D eigenvalue weighted by Gasteiger charge is 2.80. The van der Waals surface area contributed by atoms with Crippen LogP contribution in [0.25, 0.3) is 10.9 Å². The molecular weight excluding hydrogens is 809 g/mol. The number of ether oxygens (including phenoxy) is 4. The number of piperidine rings is 1. The molecule has 2 saturated heterocycles. The van der Waals surface area contributed by atoms with E-state index in [1.807, 2.05) is 31.9 Å². The molecule has 334 valence electrons. The topological polar surface area (TPSA) is 154 Å². The molecular formula is C48H62N4O9S. The second-order valence-electron chi connectivity index (χ2n) is 18.8. The van der Waals surface area contributed by atoms with Gasteiger partial charge >= 0.3 is 17.9 Å². The number of thioether (sulfide) groups is 1. The summed E-state index contributed by atoms with van der Waals surface area (Å²) in [6, 6.07) is 9.28. The maximum absolute atomic E-state index is 15.5. The lowest BCUT2D eigenvalue weighted by molar-refractivity contribution is -0.228. The summed E-state index contributed by atoms with van der Waals surface area (Å²) in [6.07, 6.45) is 5.93. The molecule has 3 N–H and O–H groups in total. The number of aliphatic hydroxyl groups is 2. The fourth-order valence-corrected chi connectivity index (χ4v) is 14.5. The van der Waals surface area contributed by atoms with Crippen LogP contribution in [0.3, 0.4) is 0 Å². The fraction of sp³-hybridized carbons (Fsp3) is 0.604. The number of methoxy groups -OCH3 is 3. The van der Waals surface area contributed by atoms with Crippen LogP contribution in [0.1, 0.15) is 82.2 Å². The number of fused-ring (bicyclic) bond motifs is 6. The lowest BCUT2D eigenvalue weighted by Crippen LogP contribution is -2.81. The van der Waals surface area contributed by atoms with Gasteiger partial charge in [-0.1, -0.05) is 32.9 Å². The zero-order chi connectivity index (χ0) is 44.1. The molecule has 1 aromatic heterocycles. The minimum atomic E-state index is -2.31. The zero-order valence-corrected chi connectivity index (χ0v) is 38.2. The molecule has 5 aliphatic heterocycles. The van der Waals surface area contributed by atoms with E-state index in [4.69, 9.17) is 18.9 Å². The first-order valence-electron chi connectivity index (χ1n) is 22.3. The molecule has 9 rings (SSSR count). The quantitative estimate of drug-likeness (QED) is 0.113. The maximum Gasteiger partial charge on any atom is 0.344 e. The SMILES string of the molecule is CCSc1ccc2[nH]c3c(c2c1)CCN1C[C@H](C[C@@](O)(CC)C1)C[C@]3(C(=O)OC)c1cc2c(cc1OC)N(C)C1[C@]23CCN2CC=C[C@@](CC)([C@@H](OC(C)=O)[C@]1(O)C(=O)OC)[C@H]23. The summed E-state index contributed by atoms with van der Waals surface area (Å²) in [6.45, 7) is 10.8. The molecule has 2 aromatic carbocycles. The van der Waals surface area contributed by atoms with Gasteiger partial charge in [0.25, 0.3) is 0 Å². The van der Waals surface area contributed by atoms with Gasteiger partial charge in [-0.2, -0.15) is 0 Å². The molecule has 3 aromatic rings. The number of esters is 3. The van der Waals surface area contributed by atoms with Gasteiger partial charge in [0.05, 0.1) is 33.0 Å². The highest BCUT2D eigenvalue weighted by molar-refractivity contribution is 7.99. The van der Waals surface area contributed by atoms with E-state index in [9.17, 15) is 19.8 Å². The minimum Gasteiger partial charge on any atom is -0.496 e. The Morgan fingerprint density at radius 1 is 0.952 bits per heavy atom. The molecule has 6 heterocycles. The van der Waals surface area contributed by atoms with Crippen molar-refractivity contribution in [1.82, 2.24) is 14.8 Å². The van der Waals surface area contributed by atoms with Crippen molar-refractivity contribution in [2.45, 2.75) is 111 Å². The molecule has 14 heteroatoms. The third kappa shape index (κ3) is 5.77. The van der Waals surface area contributed by atoms with E-state index < -0.39 is 57.5 Å². The number of likely N-dealkylation sites (N-methyl/N-ethyl adjacent to an activating group) is 1. The summed E-state index contributed by atoms with van der Waals surface area (Å²) in [5, 5.41) is 26.5. The number of aromatic nitrogens is 1. The molecule has 2 bridgehead atoms. The second-order valence-corrected chi connectivity index (χ2v) is 20.1. The lowest BCUT2D eigenvalue weighted by Gasteiger charge is -2.63. The van der Waals surface area contributed by atoms with Crippen molar-refractivity contribution < 1.29 is 43.5 Å². The van der Waals surface area contributed by atoms with E-state index in [0.29, 0.717) is 82.6 Å². The average molecular weight is 871 g/mol. The number of benzene rings is 2. The molecule has 1 saturated carbocycles. The summed E-state index contributed by atoms with van der Waals surface area (Å²) in [4.78, 5) is 54.7. The number of anilines is 1. The second kappa shape index (κ2) is 15.3. The first kappa shape index (κ1) is 43.2. The molecule has 2 unspecified atom stereocenters. The first-order chi connectivity index (χ1) is 29.7. The van der Waals surface area contributed by atoms with E-state index in [2.05, 4.69) is 58.1 Å². The van der Waals surface area contributed by atoms with Gasteiger partial charge in [-0.15, -0.1) is 11.8 Å². The highest BCUT2D eigenvalue weighted by atomic mass is 32.2. The number of aromatic amines is 1. The van der Waals surface area contributed by atoms with Crippen molar-refractivity contribution in [3.63, 3.8) is 0 Å². The van der Waals surface area contributed by atoms with Crippen LogP contribution >= 0.6 is 11.8 Å². The highest BCUT2D eigenvalue weighted by Crippen LogP contribution is 2.68. The molecule has 6 aliphatic rings. The van der Waals surface area contributed by atoms with E-state index in [0.717, 1.165) is 44.1 Å². The minimum absolute atomic E-state index is 0.107. The van der Waals surface area contributed by atoms with Gasteiger partial charge in [0.2, 0.25) is 5.60 Å². The van der Waals surface area contributed by atoms with E-state index in [1.165, 1.54) is 21.1 Å². The Hall–Kier alpha value is -4.08. The lowest BCUT2D eigenvalue weighted by atomic mass is 9.47. The molecule has 62 heavy (non-hydrogen) atoms. The summed E-state index contributed by atoms with van der Waals surface area (Å²) in [7, 11) is 6.18. The Kier molecular flexibility index (Phi) is 10.6. The van der Waals surface area contributed by atoms with Gasteiger partial charge in [-0.3, -0.25) is 19.4 Å². The normalized spacial score (nSPS) is 35.8. The Morgan fingerprint density at radius 3 is 2.40 bits per heavy atom. The van der Waals surface area contributed by atoms with Crippen LogP contribution in [-0.4, -0.2) is 139 Å². The number of rotatable bonds is 9. The van der Waals surface area contributed by atoms with E-state index >= 15 is 4.79 Å². The largest absolute Gasteiger partial charge is 0.496 e. The summed E-state index contributed by atoms with van der Waals surface area (Å²) >= 11 is 1.77. The first-order valence-corrected chi connectivity index (χ1v) is 23.3. The van der Waals surface area contributed by atoms with E-state index in [1.54, 1.807) is 18.9 Å². The molecule has 0 radical (unpaired) electrons. The van der Waals surface area contributed by atoms with Crippen LogP contribution < -0.4 is 9.64 Å². The average Bonchev–Trinajstić information content (AvgIpc) is 3.92. The van der Waals surface area contributed by atoms with Crippen LogP contribution in [0.15, 0.2) is 47.4 Å². The smallest absolute Gasteiger partial charge is 0.344 e. The van der Waals surface area contributed by atoms with Crippen LogP contribution in [0, 0.1) is 11.3 Å². The van der Waals surface area contributed by atoms with Gasteiger partial charge in [0.15, 0.2) is 6.10 Å². The number of H-pyrrole nitrogens is 1. The molecule has 1 spiro atoms. The van der Waals surface area contributed by atoms with Crippen LogP contribution in [0.2, 0.25) is 0 Å². The van der Waals surface area contributed by atoms with Gasteiger partial charge in [-0.25, -0.2) is 4.79 Å². The molecule has 13 nitrogen and oxygen atoms in total. The van der Waals surface area contributed by atoms with Gasteiger partial charge < -0.3 is 39.0 Å². The monoisotopic (exact) mass is 870 g/mol. The number of hydrogen-bond acceptors (Lipinski definition) is 13. The predicted octanol–water partition coefficient (Wildman–Crippen LogP) is 5.10. The third-order valence-electron chi connectivity index (χ3n) is 16.0. The van der Waals surface area contributed by atoms with Crippen molar-refractivity contribution in [2.24, 2.45) is 11.3 Å². The number of nitrogens with zero attached hydrogens (tertiary/aromatic N) is 3. The van der Waals surface area contributed by atoms with Crippen molar-refractivity contribution in [1.29, 1.82) is 0 Å². The molecule has 10 atom stereocenters. The van der Waals surface area contributed by atoms with Gasteiger partial charge in [0.1, 0.15) is 11.2 Å². The summed E-state index contributed by atoms with van der Waals surface area (Å²) in [5.74, 6) is -0.649. The molecule has 3 fully saturated rings. The number of carbonyl (C=O) groups excluding carboxylic acids is 3. The Morgan fingerprint density at radius 2 is 1.73 bits per heavy atom. The summed E-state index contributed by atoms with van der Waals surface area (Å²) in [5.41, 5.74) is -1.63. The van der Waals surface area contributed by atoms with Crippen LogP contribution in [0.5, 0.6) is 5.75 Å². The number of hydrogen-bond donors (Lipinski definition) is 3. The Bertz CT molecular complexity index is 2350. The predicted molar refractivity (Wildman–Crippen MR) is 237 cm³/mol. The number of carbonyl (C=O) groups is 3. The van der Waals surface area contributed by atoms with Crippen LogP contribution in [-0.2, 0) is 45.8 Å². The Labute approximate surface area is 368 Å². The molecule has 0 amide bonds. The standard InChI is InChI=1S/C48H62N4O9S/c1-9-44(56)24-29-25-47(42(54)59-7,38-31(15-19-51(26-29)27-44)32-21-30(62-11-3)13-14-35(32)49-38)34-22-33-36(23-37(34)58-6)50(5)40-46(33)17-20-52-18-12-16-45(10-2,39(46)52)41(61-28(4)53)48(40,57)43(55)60-8/h12-14,16,21-23,29,39-41,49,56-57H,9-11,15,17-20,24-27H2,1-8H3/t29-,39+,40?,41-,44+,45-,46-,47+,48+/m1/s1. The zero-order valence-electron chi connectivity index (χ0n) is 37.3. The fourth-order valence-electron chi connectivity index (χ4n) is 13.8. The maximum atomic E-state index is 15.5. The summed E-state index contributed by atoms with van der Waals surface area (Å²) < 4.78 is 24.1. The van der Waals surface area contributed by atoms with Gasteiger partial charge in [-0.05, 0) is 92.1 Å². The number of nitrogens with one attached hydrogen (secondary N) is 1. The third-order valence-corrected chi connectivity index (χ3v) is 16.8. The van der Waals surface area contributed by atoms with Crippen LogP contribution in [0.4, 0.5) is 5.69 Å². The Balaban J connectivity index is 1.37. The van der Waals surface area contributed by atoms with Gasteiger partial charge in [0, 0.05) is 95.8 Å².